The highest BCUT2D eigenvalue weighted by Gasteiger charge is 2.02. The van der Waals surface area contributed by atoms with Gasteiger partial charge in [-0.1, -0.05) is 24.6 Å². The van der Waals surface area contributed by atoms with Crippen molar-refractivity contribution in [2.24, 2.45) is 5.92 Å². The number of allylic oxidation sites excluding steroid dienone is 3. The molecule has 0 rings (SSSR count). The van der Waals surface area contributed by atoms with Crippen molar-refractivity contribution in [1.82, 2.24) is 5.32 Å². The van der Waals surface area contributed by atoms with Crippen molar-refractivity contribution in [2.45, 2.75) is 34.1 Å². The fourth-order valence-electron chi connectivity index (χ4n) is 1.21. The second-order valence-electron chi connectivity index (χ2n) is 2.99. The summed E-state index contributed by atoms with van der Waals surface area (Å²) in [5, 5.41) is 3.23. The van der Waals surface area contributed by atoms with Gasteiger partial charge in [0.2, 0.25) is 0 Å². The lowest BCUT2D eigenvalue weighted by Crippen LogP contribution is -2.06. The van der Waals surface area contributed by atoms with E-state index in [1.54, 1.807) is 0 Å². The molecule has 1 heteroatoms. The van der Waals surface area contributed by atoms with Crippen molar-refractivity contribution in [3.8, 4) is 0 Å². The molecule has 0 aromatic rings. The summed E-state index contributed by atoms with van der Waals surface area (Å²) in [4.78, 5) is 0. The van der Waals surface area contributed by atoms with E-state index in [1.807, 2.05) is 0 Å². The minimum Gasteiger partial charge on any atom is -0.391 e. The lowest BCUT2D eigenvalue weighted by molar-refractivity contribution is 0.713. The molecule has 0 aliphatic heterocycles. The molecular weight excluding hydrogens is 146 g/mol. The van der Waals surface area contributed by atoms with Crippen molar-refractivity contribution < 1.29 is 0 Å². The van der Waals surface area contributed by atoms with Gasteiger partial charge in [-0.25, -0.2) is 0 Å². The molecule has 0 spiro atoms. The predicted molar refractivity (Wildman–Crippen MR) is 56.0 cm³/mol. The quantitative estimate of drug-likeness (QED) is 0.620. The van der Waals surface area contributed by atoms with Gasteiger partial charge >= 0.3 is 0 Å². The Morgan fingerprint density at radius 2 is 2.08 bits per heavy atom. The summed E-state index contributed by atoms with van der Waals surface area (Å²) in [5.74, 6) is 0.606. The predicted octanol–water partition coefficient (Wildman–Crippen LogP) is 3.10. The third kappa shape index (κ3) is 4.22. The summed E-state index contributed by atoms with van der Waals surface area (Å²) in [6.45, 7) is 9.58. The van der Waals surface area contributed by atoms with Crippen LogP contribution in [0.5, 0.6) is 0 Å². The zero-order valence-electron chi connectivity index (χ0n) is 8.72. The van der Waals surface area contributed by atoms with Crippen LogP contribution in [0.4, 0.5) is 0 Å². The molecule has 1 nitrogen and oxygen atoms in total. The van der Waals surface area contributed by atoms with E-state index in [1.165, 1.54) is 12.0 Å². The monoisotopic (exact) mass is 167 g/mol. The molecule has 0 heterocycles. The van der Waals surface area contributed by atoms with E-state index in [2.05, 4.69) is 51.4 Å². The third-order valence-corrected chi connectivity index (χ3v) is 1.98. The van der Waals surface area contributed by atoms with E-state index in [9.17, 15) is 0 Å². The minimum atomic E-state index is 0.606. The topological polar surface area (TPSA) is 12.0 Å². The van der Waals surface area contributed by atoms with Crippen molar-refractivity contribution in [2.75, 3.05) is 6.54 Å². The van der Waals surface area contributed by atoms with Crippen molar-refractivity contribution >= 4 is 0 Å². The van der Waals surface area contributed by atoms with E-state index >= 15 is 0 Å². The van der Waals surface area contributed by atoms with Crippen LogP contribution in [-0.2, 0) is 0 Å². The van der Waals surface area contributed by atoms with Crippen LogP contribution in [0.1, 0.15) is 34.1 Å². The van der Waals surface area contributed by atoms with Crippen molar-refractivity contribution in [3.05, 3.63) is 23.9 Å². The summed E-state index contributed by atoms with van der Waals surface area (Å²) >= 11 is 0. The number of nitrogens with one attached hydrogen (secondary N) is 1. The van der Waals surface area contributed by atoms with E-state index in [-0.39, 0.29) is 0 Å². The van der Waals surface area contributed by atoms with Gasteiger partial charge in [0.15, 0.2) is 0 Å². The van der Waals surface area contributed by atoms with Crippen LogP contribution in [-0.4, -0.2) is 6.54 Å². The van der Waals surface area contributed by atoms with Crippen molar-refractivity contribution in [1.29, 1.82) is 0 Å². The van der Waals surface area contributed by atoms with Crippen LogP contribution < -0.4 is 5.32 Å². The molecule has 70 valence electrons. The van der Waals surface area contributed by atoms with Gasteiger partial charge in [-0.05, 0) is 39.3 Å². The SMILES string of the molecule is C/C=C\C(CC)/C(C)=C\NCC. The average Bonchev–Trinajstić information content (AvgIpc) is 2.10. The molecule has 1 N–H and O–H groups in total. The summed E-state index contributed by atoms with van der Waals surface area (Å²) in [7, 11) is 0. The van der Waals surface area contributed by atoms with Crippen LogP contribution in [0, 0.1) is 5.92 Å². The van der Waals surface area contributed by atoms with Crippen LogP contribution in [0.3, 0.4) is 0 Å². The zero-order valence-corrected chi connectivity index (χ0v) is 8.72. The first-order valence-electron chi connectivity index (χ1n) is 4.79. The lowest BCUT2D eigenvalue weighted by atomic mass is 9.98. The molecule has 0 aromatic carbocycles. The highest BCUT2D eigenvalue weighted by Crippen LogP contribution is 2.14. The first-order chi connectivity index (χ1) is 5.76. The molecule has 0 fully saturated rings. The van der Waals surface area contributed by atoms with E-state index in [4.69, 9.17) is 0 Å². The molecular formula is C11H21N. The van der Waals surface area contributed by atoms with Crippen LogP contribution in [0.15, 0.2) is 23.9 Å². The Morgan fingerprint density at radius 1 is 1.42 bits per heavy atom. The van der Waals surface area contributed by atoms with Crippen LogP contribution in [0.25, 0.3) is 0 Å². The maximum atomic E-state index is 3.23. The molecule has 0 radical (unpaired) electrons. The fraction of sp³-hybridized carbons (Fsp3) is 0.636. The molecule has 1 atom stereocenters. The van der Waals surface area contributed by atoms with Gasteiger partial charge in [-0.2, -0.15) is 0 Å². The number of hydrogen-bond donors (Lipinski definition) is 1. The number of hydrogen-bond acceptors (Lipinski definition) is 1. The van der Waals surface area contributed by atoms with Gasteiger partial charge in [0.25, 0.3) is 0 Å². The Bertz CT molecular complexity index is 156. The molecule has 0 bridgehead atoms. The van der Waals surface area contributed by atoms with Gasteiger partial charge in [-0.3, -0.25) is 0 Å². The normalized spacial score (nSPS) is 15.2. The first kappa shape index (κ1) is 11.3. The smallest absolute Gasteiger partial charge is 0.0113 e. The van der Waals surface area contributed by atoms with Gasteiger partial charge < -0.3 is 5.32 Å². The Hall–Kier alpha value is -0.720. The lowest BCUT2D eigenvalue weighted by Gasteiger charge is -2.10. The molecule has 0 saturated heterocycles. The Labute approximate surface area is 76.6 Å². The Balaban J connectivity index is 4.09. The van der Waals surface area contributed by atoms with Crippen LogP contribution >= 0.6 is 0 Å². The summed E-state index contributed by atoms with van der Waals surface area (Å²) in [5.41, 5.74) is 1.41. The second-order valence-corrected chi connectivity index (χ2v) is 2.99. The van der Waals surface area contributed by atoms with Crippen molar-refractivity contribution in [3.63, 3.8) is 0 Å². The minimum absolute atomic E-state index is 0.606. The van der Waals surface area contributed by atoms with Gasteiger partial charge in [0.05, 0.1) is 0 Å². The van der Waals surface area contributed by atoms with Gasteiger partial charge in [0, 0.05) is 6.54 Å². The zero-order chi connectivity index (χ0) is 9.40. The van der Waals surface area contributed by atoms with Crippen LogP contribution in [0.2, 0.25) is 0 Å². The first-order valence-corrected chi connectivity index (χ1v) is 4.79. The summed E-state index contributed by atoms with van der Waals surface area (Å²) < 4.78 is 0. The highest BCUT2D eigenvalue weighted by molar-refractivity contribution is 5.09. The molecule has 0 saturated carbocycles. The van der Waals surface area contributed by atoms with E-state index in [0.717, 1.165) is 6.54 Å². The van der Waals surface area contributed by atoms with E-state index < -0.39 is 0 Å². The molecule has 0 aliphatic rings. The van der Waals surface area contributed by atoms with E-state index in [0.29, 0.717) is 5.92 Å². The highest BCUT2D eigenvalue weighted by atomic mass is 14.8. The fourth-order valence-corrected chi connectivity index (χ4v) is 1.21. The molecule has 0 aromatic heterocycles. The average molecular weight is 167 g/mol. The maximum Gasteiger partial charge on any atom is 0.0113 e. The maximum absolute atomic E-state index is 3.23. The second kappa shape index (κ2) is 6.96. The molecule has 12 heavy (non-hydrogen) atoms. The molecule has 0 amide bonds. The largest absolute Gasteiger partial charge is 0.391 e. The Kier molecular flexibility index (Phi) is 6.54. The molecule has 1 unspecified atom stereocenters. The Morgan fingerprint density at radius 3 is 2.50 bits per heavy atom. The standard InChI is InChI=1S/C11H21N/c1-5-8-11(6-2)10(4)9-12-7-3/h5,8-9,11-12H,6-7H2,1-4H3/b8-5-,10-9-. The third-order valence-electron chi connectivity index (χ3n) is 1.98. The summed E-state index contributed by atoms with van der Waals surface area (Å²) in [6.07, 6.45) is 7.67. The number of rotatable bonds is 5. The molecule has 0 aliphatic carbocycles. The summed E-state index contributed by atoms with van der Waals surface area (Å²) in [6, 6.07) is 0. The van der Waals surface area contributed by atoms with Gasteiger partial charge in [-0.15, -0.1) is 0 Å². The van der Waals surface area contributed by atoms with Gasteiger partial charge in [0.1, 0.15) is 0 Å².